The highest BCUT2D eigenvalue weighted by molar-refractivity contribution is 7.89. The van der Waals surface area contributed by atoms with Gasteiger partial charge in [0, 0.05) is 19.6 Å². The Bertz CT molecular complexity index is 637. The van der Waals surface area contributed by atoms with Crippen molar-refractivity contribution in [1.29, 1.82) is 0 Å². The van der Waals surface area contributed by atoms with Gasteiger partial charge in [-0.1, -0.05) is 25.1 Å². The summed E-state index contributed by atoms with van der Waals surface area (Å²) in [4.78, 5) is 2.62. The average molecular weight is 354 g/mol. The molecule has 2 heterocycles. The highest BCUT2D eigenvalue weighted by Gasteiger charge is 2.42. The minimum atomic E-state index is -3.48. The lowest BCUT2D eigenvalue weighted by atomic mass is 10.00. The molecule has 2 aliphatic rings. The van der Waals surface area contributed by atoms with Gasteiger partial charge < -0.3 is 9.47 Å². The van der Waals surface area contributed by atoms with Gasteiger partial charge in [0.15, 0.2) is 0 Å². The first kappa shape index (κ1) is 17.8. The van der Waals surface area contributed by atoms with E-state index in [-0.39, 0.29) is 16.6 Å². The zero-order valence-corrected chi connectivity index (χ0v) is 14.9. The smallest absolute Gasteiger partial charge is 0.240 e. The summed E-state index contributed by atoms with van der Waals surface area (Å²) < 4.78 is 39.3. The van der Waals surface area contributed by atoms with Crippen LogP contribution in [-0.4, -0.2) is 64.4 Å². The normalized spacial score (nSPS) is 29.0. The number of likely N-dealkylation sites (N-methyl/N-ethyl adjacent to an activating group) is 1. The molecular formula is C17H26N2O4S. The second-order valence-corrected chi connectivity index (χ2v) is 8.31. The number of rotatable bonds is 5. The van der Waals surface area contributed by atoms with Crippen LogP contribution in [0.3, 0.4) is 0 Å². The van der Waals surface area contributed by atoms with Crippen LogP contribution in [0.2, 0.25) is 0 Å². The van der Waals surface area contributed by atoms with Crippen LogP contribution in [0.25, 0.3) is 0 Å². The van der Waals surface area contributed by atoms with Crippen molar-refractivity contribution in [1.82, 2.24) is 9.62 Å². The first-order chi connectivity index (χ1) is 11.5. The average Bonchev–Trinajstić information content (AvgIpc) is 2.87. The lowest BCUT2D eigenvalue weighted by Crippen LogP contribution is -2.45. The van der Waals surface area contributed by atoms with E-state index in [9.17, 15) is 8.42 Å². The number of benzene rings is 1. The lowest BCUT2D eigenvalue weighted by molar-refractivity contribution is -0.0835. The van der Waals surface area contributed by atoms with Crippen molar-refractivity contribution in [2.75, 3.05) is 39.4 Å². The number of nitrogens with one attached hydrogen (secondary N) is 1. The predicted octanol–water partition coefficient (Wildman–Crippen LogP) is 1.23. The number of nitrogens with zero attached hydrogens (tertiary/aromatic N) is 1. The number of hydrogen-bond acceptors (Lipinski definition) is 5. The SMILES string of the molecule is CCN1CCOCC2(CCC(CNS(=O)(=O)c3ccccc3)O2)C1. The summed E-state index contributed by atoms with van der Waals surface area (Å²) in [7, 11) is -3.48. The maximum Gasteiger partial charge on any atom is 0.240 e. The summed E-state index contributed by atoms with van der Waals surface area (Å²) >= 11 is 0. The Hall–Kier alpha value is -0.990. The molecule has 134 valence electrons. The largest absolute Gasteiger partial charge is 0.377 e. The van der Waals surface area contributed by atoms with Crippen LogP contribution < -0.4 is 4.72 Å². The van der Waals surface area contributed by atoms with Crippen molar-refractivity contribution in [3.05, 3.63) is 30.3 Å². The molecule has 1 aromatic carbocycles. The maximum absolute atomic E-state index is 12.3. The van der Waals surface area contributed by atoms with Gasteiger partial charge in [-0.05, 0) is 31.5 Å². The Morgan fingerprint density at radius 2 is 2.12 bits per heavy atom. The lowest BCUT2D eigenvalue weighted by Gasteiger charge is -2.31. The van der Waals surface area contributed by atoms with E-state index in [1.54, 1.807) is 30.3 Å². The van der Waals surface area contributed by atoms with Gasteiger partial charge in [0.2, 0.25) is 10.0 Å². The minimum absolute atomic E-state index is 0.108. The summed E-state index contributed by atoms with van der Waals surface area (Å²) in [5.41, 5.74) is -0.296. The zero-order chi connectivity index (χ0) is 17.0. The fourth-order valence-electron chi connectivity index (χ4n) is 3.40. The minimum Gasteiger partial charge on any atom is -0.377 e. The van der Waals surface area contributed by atoms with Crippen molar-refractivity contribution in [2.45, 2.75) is 36.4 Å². The van der Waals surface area contributed by atoms with Gasteiger partial charge >= 0.3 is 0 Å². The van der Waals surface area contributed by atoms with Crippen LogP contribution in [0.5, 0.6) is 0 Å². The number of ether oxygens (including phenoxy) is 2. The van der Waals surface area contributed by atoms with Gasteiger partial charge in [0.1, 0.15) is 5.60 Å². The van der Waals surface area contributed by atoms with Crippen LogP contribution in [0.15, 0.2) is 35.2 Å². The summed E-state index contributed by atoms with van der Waals surface area (Å²) in [6.07, 6.45) is 1.64. The molecule has 0 aromatic heterocycles. The van der Waals surface area contributed by atoms with Crippen molar-refractivity contribution in [3.8, 4) is 0 Å². The monoisotopic (exact) mass is 354 g/mol. The molecule has 0 aliphatic carbocycles. The van der Waals surface area contributed by atoms with Gasteiger partial charge in [-0.2, -0.15) is 0 Å². The van der Waals surface area contributed by atoms with Crippen molar-refractivity contribution in [3.63, 3.8) is 0 Å². The molecule has 3 rings (SSSR count). The van der Waals surface area contributed by atoms with Crippen LogP contribution in [0, 0.1) is 0 Å². The van der Waals surface area contributed by atoms with E-state index in [2.05, 4.69) is 16.5 Å². The summed E-state index contributed by atoms with van der Waals surface area (Å²) in [6.45, 7) is 6.50. The van der Waals surface area contributed by atoms with E-state index in [1.807, 2.05) is 0 Å². The van der Waals surface area contributed by atoms with Crippen molar-refractivity contribution < 1.29 is 17.9 Å². The molecule has 7 heteroatoms. The maximum atomic E-state index is 12.3. The molecule has 24 heavy (non-hydrogen) atoms. The third-order valence-electron chi connectivity index (χ3n) is 4.77. The molecule has 2 unspecified atom stereocenters. The van der Waals surface area contributed by atoms with Gasteiger partial charge in [-0.3, -0.25) is 4.90 Å². The second kappa shape index (κ2) is 7.49. The van der Waals surface area contributed by atoms with Crippen LogP contribution in [-0.2, 0) is 19.5 Å². The van der Waals surface area contributed by atoms with E-state index in [0.717, 1.165) is 39.1 Å². The molecule has 0 saturated carbocycles. The van der Waals surface area contributed by atoms with E-state index in [4.69, 9.17) is 9.47 Å². The fourth-order valence-corrected chi connectivity index (χ4v) is 4.49. The predicted molar refractivity (Wildman–Crippen MR) is 91.4 cm³/mol. The van der Waals surface area contributed by atoms with Crippen molar-refractivity contribution >= 4 is 10.0 Å². The van der Waals surface area contributed by atoms with E-state index in [0.29, 0.717) is 13.2 Å². The molecule has 2 atom stereocenters. The Labute approximate surface area is 144 Å². The van der Waals surface area contributed by atoms with E-state index >= 15 is 0 Å². The third kappa shape index (κ3) is 4.15. The first-order valence-electron chi connectivity index (χ1n) is 8.56. The Balaban J connectivity index is 1.58. The summed E-state index contributed by atoms with van der Waals surface area (Å²) in [6, 6.07) is 8.43. The zero-order valence-electron chi connectivity index (χ0n) is 14.1. The highest BCUT2D eigenvalue weighted by Crippen LogP contribution is 2.32. The Morgan fingerprint density at radius 1 is 1.33 bits per heavy atom. The second-order valence-electron chi connectivity index (χ2n) is 6.55. The third-order valence-corrected chi connectivity index (χ3v) is 6.21. The van der Waals surface area contributed by atoms with Gasteiger partial charge in [0.25, 0.3) is 0 Å². The van der Waals surface area contributed by atoms with Gasteiger partial charge in [0.05, 0.1) is 24.2 Å². The Kier molecular flexibility index (Phi) is 5.56. The molecule has 0 radical (unpaired) electrons. The van der Waals surface area contributed by atoms with Gasteiger partial charge in [-0.25, -0.2) is 13.1 Å². The Morgan fingerprint density at radius 3 is 2.88 bits per heavy atom. The summed E-state index contributed by atoms with van der Waals surface area (Å²) in [5, 5.41) is 0. The first-order valence-corrected chi connectivity index (χ1v) is 10.0. The quantitative estimate of drug-likeness (QED) is 0.862. The summed E-state index contributed by atoms with van der Waals surface area (Å²) in [5.74, 6) is 0. The van der Waals surface area contributed by atoms with Crippen LogP contribution in [0.4, 0.5) is 0 Å². The number of sulfonamides is 1. The molecule has 0 bridgehead atoms. The molecular weight excluding hydrogens is 328 g/mol. The molecule has 2 fully saturated rings. The number of hydrogen-bond donors (Lipinski definition) is 1. The molecule has 1 aromatic rings. The molecule has 0 amide bonds. The molecule has 1 N–H and O–H groups in total. The van der Waals surface area contributed by atoms with Crippen LogP contribution >= 0.6 is 0 Å². The molecule has 2 aliphatic heterocycles. The van der Waals surface area contributed by atoms with Gasteiger partial charge in [-0.15, -0.1) is 0 Å². The topological polar surface area (TPSA) is 67.9 Å². The van der Waals surface area contributed by atoms with Crippen molar-refractivity contribution in [2.24, 2.45) is 0 Å². The molecule has 6 nitrogen and oxygen atoms in total. The van der Waals surface area contributed by atoms with E-state index < -0.39 is 10.0 Å². The standard InChI is InChI=1S/C17H26N2O4S/c1-2-19-10-11-22-14-17(13-19)9-8-15(23-17)12-18-24(20,21)16-6-4-3-5-7-16/h3-7,15,18H,2,8-14H2,1H3. The molecule has 2 saturated heterocycles. The van der Waals surface area contributed by atoms with E-state index in [1.165, 1.54) is 0 Å². The fraction of sp³-hybridized carbons (Fsp3) is 0.647. The molecule has 1 spiro atoms. The van der Waals surface area contributed by atoms with Crippen LogP contribution in [0.1, 0.15) is 19.8 Å². The highest BCUT2D eigenvalue weighted by atomic mass is 32.2.